The molecule has 0 bridgehead atoms. The van der Waals surface area contributed by atoms with Gasteiger partial charge in [-0.3, -0.25) is 10.1 Å². The largest absolute Gasteiger partial charge is 0.493 e. The highest BCUT2D eigenvalue weighted by atomic mass is 35.5. The maximum Gasteiger partial charge on any atom is 0.270 e. The Kier molecular flexibility index (Phi) is 6.64. The zero-order valence-electron chi connectivity index (χ0n) is 18.9. The molecule has 0 saturated carbocycles. The average Bonchev–Trinajstić information content (AvgIpc) is 3.40. The van der Waals surface area contributed by atoms with E-state index in [1.807, 2.05) is 0 Å². The molecule has 2 heterocycles. The summed E-state index contributed by atoms with van der Waals surface area (Å²) in [4.78, 5) is 10.9. The first-order valence-corrected chi connectivity index (χ1v) is 12.5. The first-order chi connectivity index (χ1) is 16.6. The maximum absolute atomic E-state index is 13.0. The molecule has 0 N–H and O–H groups in total. The van der Waals surface area contributed by atoms with E-state index in [-0.39, 0.29) is 27.8 Å². The third kappa shape index (κ3) is 4.52. The third-order valence-electron chi connectivity index (χ3n) is 5.12. The summed E-state index contributed by atoms with van der Waals surface area (Å²) in [6, 6.07) is 7.10. The van der Waals surface area contributed by atoms with Gasteiger partial charge in [0.05, 0.1) is 29.1 Å². The summed E-state index contributed by atoms with van der Waals surface area (Å²) in [5.74, 6) is 1.01. The molecule has 4 aromatic rings. The minimum absolute atomic E-state index is 0.0331. The average molecular weight is 539 g/mol. The minimum Gasteiger partial charge on any atom is -0.493 e. The Morgan fingerprint density at radius 3 is 2.43 bits per heavy atom. The Hall–Kier alpha value is -3.33. The smallest absolute Gasteiger partial charge is 0.270 e. The van der Waals surface area contributed by atoms with Crippen LogP contribution in [0.15, 0.2) is 35.2 Å². The molecule has 184 valence electrons. The highest BCUT2D eigenvalue weighted by molar-refractivity contribution is 7.89. The molecule has 0 amide bonds. The van der Waals surface area contributed by atoms with E-state index in [2.05, 4.69) is 15.3 Å². The number of methoxy groups -OCH3 is 2. The summed E-state index contributed by atoms with van der Waals surface area (Å²) in [7, 11) is 1.92. The van der Waals surface area contributed by atoms with E-state index in [1.165, 1.54) is 68.4 Å². The number of nitro benzene ring substituents is 1. The molecule has 0 aliphatic heterocycles. The monoisotopic (exact) mass is 538 g/mol. The van der Waals surface area contributed by atoms with Crippen LogP contribution in [0.1, 0.15) is 11.4 Å². The van der Waals surface area contributed by atoms with Crippen molar-refractivity contribution in [1.82, 2.24) is 24.1 Å². The van der Waals surface area contributed by atoms with Crippen molar-refractivity contribution in [1.29, 1.82) is 0 Å². The number of hydrogen-bond acceptors (Lipinski definition) is 10. The summed E-state index contributed by atoms with van der Waals surface area (Å²) >= 11 is 7.45. The molecule has 0 spiro atoms. The van der Waals surface area contributed by atoms with Crippen LogP contribution < -0.4 is 9.47 Å². The van der Waals surface area contributed by atoms with Crippen LogP contribution in [0.5, 0.6) is 11.5 Å². The number of fused-ring (bicyclic) bond motifs is 1. The first-order valence-electron chi connectivity index (χ1n) is 9.89. The third-order valence-corrected chi connectivity index (χ3v) is 8.27. The number of hydrogen-bond donors (Lipinski definition) is 0. The van der Waals surface area contributed by atoms with E-state index in [0.29, 0.717) is 32.7 Å². The first kappa shape index (κ1) is 24.8. The van der Waals surface area contributed by atoms with Crippen molar-refractivity contribution < 1.29 is 22.8 Å². The summed E-state index contributed by atoms with van der Waals surface area (Å²) in [5, 5.41) is 24.5. The van der Waals surface area contributed by atoms with Crippen LogP contribution in [-0.2, 0) is 16.4 Å². The molecule has 0 unspecified atom stereocenters. The van der Waals surface area contributed by atoms with Gasteiger partial charge >= 0.3 is 0 Å². The van der Waals surface area contributed by atoms with Crippen LogP contribution in [0.4, 0.5) is 5.69 Å². The molecule has 4 rings (SSSR count). The van der Waals surface area contributed by atoms with E-state index in [0.717, 1.165) is 4.31 Å². The van der Waals surface area contributed by atoms with Crippen LogP contribution in [0.3, 0.4) is 0 Å². The fraction of sp³-hybridized carbons (Fsp3) is 0.250. The van der Waals surface area contributed by atoms with Crippen LogP contribution in [0.25, 0.3) is 15.5 Å². The molecule has 0 aliphatic carbocycles. The molecule has 2 aromatic heterocycles. The van der Waals surface area contributed by atoms with E-state index in [4.69, 9.17) is 21.1 Å². The second-order valence-electron chi connectivity index (χ2n) is 7.42. The van der Waals surface area contributed by atoms with Gasteiger partial charge in [0.25, 0.3) is 5.69 Å². The van der Waals surface area contributed by atoms with Gasteiger partial charge in [-0.05, 0) is 17.7 Å². The van der Waals surface area contributed by atoms with Crippen molar-refractivity contribution in [2.75, 3.05) is 28.3 Å². The highest BCUT2D eigenvalue weighted by Crippen LogP contribution is 2.36. The van der Waals surface area contributed by atoms with Crippen molar-refractivity contribution >= 4 is 43.6 Å². The number of aromatic nitrogens is 4. The maximum atomic E-state index is 13.0. The SMILES string of the molecule is COc1cc(Cc2nnc3sc(-c4ccc([N+](=O)[O-])cc4Cl)nn23)c(S(=O)(=O)N(C)C)cc1OC. The Morgan fingerprint density at radius 1 is 1.14 bits per heavy atom. The van der Waals surface area contributed by atoms with Gasteiger partial charge in [-0.15, -0.1) is 10.2 Å². The number of ether oxygens (including phenoxy) is 2. The van der Waals surface area contributed by atoms with E-state index < -0.39 is 14.9 Å². The van der Waals surface area contributed by atoms with E-state index in [9.17, 15) is 18.5 Å². The fourth-order valence-electron chi connectivity index (χ4n) is 3.32. The summed E-state index contributed by atoms with van der Waals surface area (Å²) in [6.45, 7) is 0. The van der Waals surface area contributed by atoms with Gasteiger partial charge in [0.15, 0.2) is 17.3 Å². The van der Waals surface area contributed by atoms with Crippen LogP contribution in [0.2, 0.25) is 5.02 Å². The molecule has 0 atom stereocenters. The Balaban J connectivity index is 1.80. The number of benzene rings is 2. The van der Waals surface area contributed by atoms with Crippen molar-refractivity contribution in [3.63, 3.8) is 0 Å². The van der Waals surface area contributed by atoms with Crippen LogP contribution in [-0.4, -0.2) is 65.8 Å². The quantitative estimate of drug-likeness (QED) is 0.244. The van der Waals surface area contributed by atoms with Crippen molar-refractivity contribution in [2.45, 2.75) is 11.3 Å². The Bertz CT molecular complexity index is 1550. The van der Waals surface area contributed by atoms with Gasteiger partial charge < -0.3 is 9.47 Å². The molecule has 0 saturated heterocycles. The number of sulfonamides is 1. The number of rotatable bonds is 8. The molecule has 2 aromatic carbocycles. The standard InChI is InChI=1S/C20H19ClN6O6S2/c1-25(2)35(30,31)17-10-16(33-4)15(32-3)7-11(17)8-18-22-23-20-26(18)24-19(34-20)13-6-5-12(27(28)29)9-14(13)21/h5-7,9-10H,8H2,1-4H3. The molecule has 35 heavy (non-hydrogen) atoms. The predicted octanol–water partition coefficient (Wildman–Crippen LogP) is 3.27. The molecular formula is C20H19ClN6O6S2. The molecule has 12 nitrogen and oxygen atoms in total. The molecule has 0 radical (unpaired) electrons. The zero-order valence-corrected chi connectivity index (χ0v) is 21.3. The lowest BCUT2D eigenvalue weighted by atomic mass is 10.1. The van der Waals surface area contributed by atoms with Gasteiger partial charge in [-0.25, -0.2) is 12.7 Å². The summed E-state index contributed by atoms with van der Waals surface area (Å²) in [5.41, 5.74) is 0.778. The number of non-ortho nitro benzene ring substituents is 1. The topological polar surface area (TPSA) is 142 Å². The zero-order chi connectivity index (χ0) is 25.5. The fourth-order valence-corrected chi connectivity index (χ4v) is 5.65. The second kappa shape index (κ2) is 9.37. The van der Waals surface area contributed by atoms with Crippen molar-refractivity contribution in [2.24, 2.45) is 0 Å². The molecular weight excluding hydrogens is 520 g/mol. The second-order valence-corrected chi connectivity index (χ2v) is 10.9. The van der Waals surface area contributed by atoms with Gasteiger partial charge in [0.1, 0.15) is 5.01 Å². The highest BCUT2D eigenvalue weighted by Gasteiger charge is 2.26. The van der Waals surface area contributed by atoms with E-state index >= 15 is 0 Å². The van der Waals surface area contributed by atoms with Gasteiger partial charge in [0.2, 0.25) is 15.0 Å². The minimum atomic E-state index is -3.83. The van der Waals surface area contributed by atoms with Crippen molar-refractivity contribution in [3.05, 3.63) is 56.9 Å². The lowest BCUT2D eigenvalue weighted by molar-refractivity contribution is -0.384. The van der Waals surface area contributed by atoms with Crippen molar-refractivity contribution in [3.8, 4) is 22.1 Å². The summed E-state index contributed by atoms with van der Waals surface area (Å²) in [6.07, 6.45) is 0.0705. The Labute approximate surface area is 208 Å². The number of nitro groups is 1. The predicted molar refractivity (Wildman–Crippen MR) is 129 cm³/mol. The Morgan fingerprint density at radius 2 is 1.83 bits per heavy atom. The summed E-state index contributed by atoms with van der Waals surface area (Å²) < 4.78 is 39.3. The molecule has 0 aliphatic rings. The normalized spacial score (nSPS) is 11.8. The van der Waals surface area contributed by atoms with Crippen LogP contribution >= 0.6 is 22.9 Å². The van der Waals surface area contributed by atoms with Gasteiger partial charge in [-0.1, -0.05) is 22.9 Å². The molecule has 0 fully saturated rings. The lowest BCUT2D eigenvalue weighted by Gasteiger charge is -2.17. The number of nitrogens with zero attached hydrogens (tertiary/aromatic N) is 6. The lowest BCUT2D eigenvalue weighted by Crippen LogP contribution is -2.23. The number of halogens is 1. The van der Waals surface area contributed by atoms with Crippen LogP contribution in [0, 0.1) is 10.1 Å². The molecule has 15 heteroatoms. The van der Waals surface area contributed by atoms with E-state index in [1.54, 1.807) is 6.07 Å². The van der Waals surface area contributed by atoms with Gasteiger partial charge in [-0.2, -0.15) is 9.61 Å². The van der Waals surface area contributed by atoms with Gasteiger partial charge in [0, 0.05) is 44.3 Å².